The highest BCUT2D eigenvalue weighted by Gasteiger charge is 2.21. The van der Waals surface area contributed by atoms with Gasteiger partial charge >= 0.3 is 0 Å². The molecule has 0 aliphatic rings. The summed E-state index contributed by atoms with van der Waals surface area (Å²) in [4.78, 5) is 4.41. The molecule has 2 N–H and O–H groups in total. The largest absolute Gasteiger partial charge is 0.493 e. The Kier molecular flexibility index (Phi) is 5.43. The predicted molar refractivity (Wildman–Crippen MR) is 108 cm³/mol. The molecule has 4 nitrogen and oxygen atoms in total. The van der Waals surface area contributed by atoms with Crippen molar-refractivity contribution < 1.29 is 9.13 Å². The number of nitrogen functional groups attached to an aromatic ring is 1. The second-order valence-electron chi connectivity index (χ2n) is 5.91. The Morgan fingerprint density at radius 2 is 1.93 bits per heavy atom. The first-order valence-corrected chi connectivity index (χ1v) is 9.14. The fourth-order valence-corrected chi connectivity index (χ4v) is 3.37. The van der Waals surface area contributed by atoms with E-state index >= 15 is 0 Å². The summed E-state index contributed by atoms with van der Waals surface area (Å²) in [6.45, 7) is 4.26. The van der Waals surface area contributed by atoms with E-state index < -0.39 is 0 Å². The van der Waals surface area contributed by atoms with Crippen LogP contribution in [-0.2, 0) is 0 Å². The minimum Gasteiger partial charge on any atom is -0.493 e. The Labute approximate surface area is 165 Å². The molecule has 0 saturated carbocycles. The standard InChI is InChI=1S/C21H17BrFN3O/c1-3-27-18-9-6-14(22)10-16(18)19-12(2)20(26-21(25)17(19)11-24)13-4-7-15(23)8-5-13/h4-10H,3H2,1-2H3,(H2,25,26). The molecule has 1 heterocycles. The van der Waals surface area contributed by atoms with Gasteiger partial charge in [-0.1, -0.05) is 15.9 Å². The van der Waals surface area contributed by atoms with Crippen molar-refractivity contribution >= 4 is 21.7 Å². The number of nitrogens with zero attached hydrogens (tertiary/aromatic N) is 2. The molecule has 0 fully saturated rings. The zero-order valence-electron chi connectivity index (χ0n) is 14.9. The van der Waals surface area contributed by atoms with Crippen molar-refractivity contribution in [2.24, 2.45) is 0 Å². The summed E-state index contributed by atoms with van der Waals surface area (Å²) in [7, 11) is 0. The first kappa shape index (κ1) is 18.9. The smallest absolute Gasteiger partial charge is 0.142 e. The van der Waals surface area contributed by atoms with Gasteiger partial charge in [-0.2, -0.15) is 5.26 Å². The highest BCUT2D eigenvalue weighted by molar-refractivity contribution is 9.10. The molecule has 27 heavy (non-hydrogen) atoms. The van der Waals surface area contributed by atoms with Crippen LogP contribution in [0.2, 0.25) is 0 Å². The molecule has 0 spiro atoms. The van der Waals surface area contributed by atoms with Gasteiger partial charge in [-0.05, 0) is 61.9 Å². The highest BCUT2D eigenvalue weighted by atomic mass is 79.9. The van der Waals surface area contributed by atoms with Crippen LogP contribution in [0.5, 0.6) is 5.75 Å². The minimum atomic E-state index is -0.330. The van der Waals surface area contributed by atoms with Crippen LogP contribution in [0.1, 0.15) is 18.1 Å². The molecule has 3 rings (SSSR count). The van der Waals surface area contributed by atoms with Crippen LogP contribution < -0.4 is 10.5 Å². The molecule has 6 heteroatoms. The summed E-state index contributed by atoms with van der Waals surface area (Å²) in [6, 6.07) is 13.8. The van der Waals surface area contributed by atoms with Gasteiger partial charge in [0, 0.05) is 21.2 Å². The quantitative estimate of drug-likeness (QED) is 0.600. The van der Waals surface area contributed by atoms with E-state index in [9.17, 15) is 9.65 Å². The predicted octanol–water partition coefficient (Wildman–Crippen LogP) is 5.48. The van der Waals surface area contributed by atoms with Gasteiger partial charge in [-0.15, -0.1) is 0 Å². The van der Waals surface area contributed by atoms with E-state index in [1.165, 1.54) is 12.1 Å². The molecule has 0 atom stereocenters. The fourth-order valence-electron chi connectivity index (χ4n) is 3.01. The first-order valence-electron chi connectivity index (χ1n) is 8.35. The average molecular weight is 426 g/mol. The lowest BCUT2D eigenvalue weighted by Gasteiger charge is -2.18. The number of hydrogen-bond acceptors (Lipinski definition) is 4. The number of ether oxygens (including phenoxy) is 1. The highest BCUT2D eigenvalue weighted by Crippen LogP contribution is 2.41. The van der Waals surface area contributed by atoms with Crippen molar-refractivity contribution in [1.29, 1.82) is 5.26 Å². The van der Waals surface area contributed by atoms with Gasteiger partial charge in [-0.25, -0.2) is 9.37 Å². The van der Waals surface area contributed by atoms with Crippen molar-refractivity contribution in [2.45, 2.75) is 13.8 Å². The van der Waals surface area contributed by atoms with E-state index in [-0.39, 0.29) is 17.2 Å². The topological polar surface area (TPSA) is 71.9 Å². The van der Waals surface area contributed by atoms with Crippen LogP contribution in [0.4, 0.5) is 10.2 Å². The summed E-state index contributed by atoms with van der Waals surface area (Å²) >= 11 is 3.48. The van der Waals surface area contributed by atoms with Crippen molar-refractivity contribution in [3.8, 4) is 34.2 Å². The van der Waals surface area contributed by atoms with Gasteiger partial charge in [0.05, 0.1) is 12.3 Å². The van der Waals surface area contributed by atoms with E-state index in [2.05, 4.69) is 27.0 Å². The zero-order valence-corrected chi connectivity index (χ0v) is 16.5. The summed E-state index contributed by atoms with van der Waals surface area (Å²) in [6.07, 6.45) is 0. The summed E-state index contributed by atoms with van der Waals surface area (Å²) < 4.78 is 19.9. The van der Waals surface area contributed by atoms with Gasteiger partial charge in [0.25, 0.3) is 0 Å². The SMILES string of the molecule is CCOc1ccc(Br)cc1-c1c(C)c(-c2ccc(F)cc2)nc(N)c1C#N. The lowest BCUT2D eigenvalue weighted by molar-refractivity contribution is 0.341. The number of aromatic nitrogens is 1. The Balaban J connectivity index is 2.35. The molecule has 2 aromatic carbocycles. The van der Waals surface area contributed by atoms with Crippen LogP contribution in [0, 0.1) is 24.1 Å². The van der Waals surface area contributed by atoms with Crippen LogP contribution in [0.25, 0.3) is 22.4 Å². The zero-order chi connectivity index (χ0) is 19.6. The monoisotopic (exact) mass is 425 g/mol. The number of benzene rings is 2. The maximum absolute atomic E-state index is 13.3. The van der Waals surface area contributed by atoms with E-state index in [0.717, 1.165) is 21.2 Å². The van der Waals surface area contributed by atoms with Gasteiger partial charge in [-0.3, -0.25) is 0 Å². The van der Waals surface area contributed by atoms with Crippen LogP contribution in [0.3, 0.4) is 0 Å². The molecule has 1 aromatic heterocycles. The molecule has 0 aliphatic carbocycles. The molecule has 0 bridgehead atoms. The molecule has 136 valence electrons. The second-order valence-corrected chi connectivity index (χ2v) is 6.83. The number of nitrogens with two attached hydrogens (primary N) is 1. The second kappa shape index (κ2) is 7.77. The van der Waals surface area contributed by atoms with E-state index in [4.69, 9.17) is 10.5 Å². The summed E-state index contributed by atoms with van der Waals surface area (Å²) in [5.41, 5.74) is 9.90. The number of nitriles is 1. The molecular formula is C21H17BrFN3O. The van der Waals surface area contributed by atoms with E-state index in [1.807, 2.05) is 32.0 Å². The summed E-state index contributed by atoms with van der Waals surface area (Å²) in [5.74, 6) is 0.444. The molecular weight excluding hydrogens is 409 g/mol. The van der Waals surface area contributed by atoms with Gasteiger partial charge in [0.2, 0.25) is 0 Å². The Bertz CT molecular complexity index is 1040. The number of pyridine rings is 1. The lowest BCUT2D eigenvalue weighted by Crippen LogP contribution is -2.04. The first-order chi connectivity index (χ1) is 13.0. The lowest BCUT2D eigenvalue weighted by atomic mass is 9.92. The van der Waals surface area contributed by atoms with E-state index in [1.54, 1.807) is 12.1 Å². The number of halogens is 2. The average Bonchev–Trinajstić information content (AvgIpc) is 2.65. The summed E-state index contributed by atoms with van der Waals surface area (Å²) in [5, 5.41) is 9.70. The van der Waals surface area contributed by atoms with Crippen molar-refractivity contribution in [1.82, 2.24) is 4.98 Å². The third-order valence-electron chi connectivity index (χ3n) is 4.21. The maximum Gasteiger partial charge on any atom is 0.142 e. The van der Waals surface area contributed by atoms with Crippen LogP contribution in [-0.4, -0.2) is 11.6 Å². The number of hydrogen-bond donors (Lipinski definition) is 1. The maximum atomic E-state index is 13.3. The van der Waals surface area contributed by atoms with Crippen LogP contribution >= 0.6 is 15.9 Å². The van der Waals surface area contributed by atoms with Crippen molar-refractivity contribution in [3.05, 3.63) is 63.9 Å². The van der Waals surface area contributed by atoms with Crippen molar-refractivity contribution in [3.63, 3.8) is 0 Å². The van der Waals surface area contributed by atoms with Gasteiger partial charge < -0.3 is 10.5 Å². The molecule has 0 radical (unpaired) electrons. The number of anilines is 1. The third-order valence-corrected chi connectivity index (χ3v) is 4.70. The molecule has 3 aromatic rings. The fraction of sp³-hybridized carbons (Fsp3) is 0.143. The minimum absolute atomic E-state index is 0.125. The van der Waals surface area contributed by atoms with Gasteiger partial charge in [0.15, 0.2) is 0 Å². The third kappa shape index (κ3) is 3.64. The number of rotatable bonds is 4. The van der Waals surface area contributed by atoms with Crippen molar-refractivity contribution in [2.75, 3.05) is 12.3 Å². The molecule has 0 unspecified atom stereocenters. The Morgan fingerprint density at radius 1 is 1.22 bits per heavy atom. The van der Waals surface area contributed by atoms with Crippen LogP contribution in [0.15, 0.2) is 46.9 Å². The normalized spacial score (nSPS) is 10.5. The Hall–Kier alpha value is -2.91. The molecule has 0 saturated heterocycles. The molecule has 0 aliphatic heterocycles. The van der Waals surface area contributed by atoms with Gasteiger partial charge in [0.1, 0.15) is 29.0 Å². The Morgan fingerprint density at radius 3 is 2.56 bits per heavy atom. The molecule has 0 amide bonds. The van der Waals surface area contributed by atoms with E-state index in [0.29, 0.717) is 23.6 Å².